The first-order valence-corrected chi connectivity index (χ1v) is 8.01. The Morgan fingerprint density at radius 2 is 1.63 bits per heavy atom. The van der Waals surface area contributed by atoms with Crippen molar-refractivity contribution in [2.75, 3.05) is 26.6 Å². The molecular formula is C18H19N5O4. The lowest BCUT2D eigenvalue weighted by molar-refractivity contribution is 0.102. The number of hydrogen-bond acceptors (Lipinski definition) is 7. The zero-order chi connectivity index (χ0) is 19.4. The van der Waals surface area contributed by atoms with Crippen molar-refractivity contribution < 1.29 is 19.0 Å². The minimum atomic E-state index is -0.349. The Bertz CT molecular complexity index is 928. The number of hydrogen-bond donors (Lipinski definition) is 2. The number of anilines is 1. The highest BCUT2D eigenvalue weighted by Crippen LogP contribution is 2.41. The van der Waals surface area contributed by atoms with Gasteiger partial charge in [-0.1, -0.05) is 0 Å². The maximum Gasteiger partial charge on any atom is 0.260 e. The van der Waals surface area contributed by atoms with Crippen molar-refractivity contribution >= 4 is 11.7 Å². The highest BCUT2D eigenvalue weighted by atomic mass is 16.5. The number of ether oxygens (including phenoxy) is 3. The zero-order valence-corrected chi connectivity index (χ0v) is 15.4. The predicted molar refractivity (Wildman–Crippen MR) is 98.4 cm³/mol. The monoisotopic (exact) mass is 369 g/mol. The van der Waals surface area contributed by atoms with Crippen LogP contribution in [0.25, 0.3) is 11.3 Å². The van der Waals surface area contributed by atoms with Crippen molar-refractivity contribution in [3.63, 3.8) is 0 Å². The number of carbonyl (C=O) groups excluding carboxylic acids is 1. The Morgan fingerprint density at radius 1 is 1.00 bits per heavy atom. The molecule has 0 fully saturated rings. The summed E-state index contributed by atoms with van der Waals surface area (Å²) in [7, 11) is 4.63. The minimum Gasteiger partial charge on any atom is -0.493 e. The van der Waals surface area contributed by atoms with Crippen molar-refractivity contribution in [2.45, 2.75) is 6.92 Å². The van der Waals surface area contributed by atoms with E-state index < -0.39 is 0 Å². The average Bonchev–Trinajstić information content (AvgIpc) is 3.15. The van der Waals surface area contributed by atoms with Gasteiger partial charge in [0.1, 0.15) is 5.82 Å². The van der Waals surface area contributed by atoms with Gasteiger partial charge in [-0.15, -0.1) is 0 Å². The molecule has 0 unspecified atom stereocenters. The molecule has 0 atom stereocenters. The quantitative estimate of drug-likeness (QED) is 0.686. The van der Waals surface area contributed by atoms with Crippen molar-refractivity contribution in [3.8, 4) is 28.5 Å². The molecule has 0 radical (unpaired) electrons. The van der Waals surface area contributed by atoms with Crippen molar-refractivity contribution in [1.29, 1.82) is 0 Å². The summed E-state index contributed by atoms with van der Waals surface area (Å²) in [4.78, 5) is 20.3. The van der Waals surface area contributed by atoms with Crippen LogP contribution in [0.4, 0.5) is 5.82 Å². The largest absolute Gasteiger partial charge is 0.493 e. The first-order valence-electron chi connectivity index (χ1n) is 8.01. The standard InChI is InChI=1S/C18H19N5O4/c1-10-19-8-12(9-20-10)18(24)21-16-7-13(22-23-16)11-5-14(25-2)17(27-4)15(6-11)26-3/h5-9H,1-4H3,(H2,21,22,23,24). The van der Waals surface area contributed by atoms with Crippen LogP contribution in [0.1, 0.15) is 16.2 Å². The van der Waals surface area contributed by atoms with E-state index in [1.807, 2.05) is 0 Å². The molecule has 2 N–H and O–H groups in total. The average molecular weight is 369 g/mol. The number of nitrogens with one attached hydrogen (secondary N) is 2. The van der Waals surface area contributed by atoms with Crippen molar-refractivity contribution in [3.05, 3.63) is 42.0 Å². The summed E-state index contributed by atoms with van der Waals surface area (Å²) in [5.74, 6) is 2.14. The zero-order valence-electron chi connectivity index (χ0n) is 15.4. The molecule has 0 spiro atoms. The van der Waals surface area contributed by atoms with Crippen LogP contribution in [0.3, 0.4) is 0 Å². The minimum absolute atomic E-state index is 0.345. The number of aromatic nitrogens is 4. The lowest BCUT2D eigenvalue weighted by atomic mass is 10.1. The predicted octanol–water partition coefficient (Wildman–Crippen LogP) is 2.45. The Kier molecular flexibility index (Phi) is 5.20. The fourth-order valence-corrected chi connectivity index (χ4v) is 2.47. The molecule has 0 bridgehead atoms. The topological polar surface area (TPSA) is 111 Å². The van der Waals surface area contributed by atoms with Gasteiger partial charge in [-0.25, -0.2) is 9.97 Å². The summed E-state index contributed by atoms with van der Waals surface area (Å²) >= 11 is 0. The van der Waals surface area contributed by atoms with E-state index in [9.17, 15) is 4.79 Å². The number of nitrogens with zero attached hydrogens (tertiary/aromatic N) is 3. The van der Waals surface area contributed by atoms with Crippen molar-refractivity contribution in [2.24, 2.45) is 0 Å². The van der Waals surface area contributed by atoms with Gasteiger partial charge < -0.3 is 19.5 Å². The van der Waals surface area contributed by atoms with Gasteiger partial charge in [0.25, 0.3) is 5.91 Å². The highest BCUT2D eigenvalue weighted by molar-refractivity contribution is 6.03. The van der Waals surface area contributed by atoms with Gasteiger partial charge in [0.2, 0.25) is 5.75 Å². The summed E-state index contributed by atoms with van der Waals surface area (Å²) in [6, 6.07) is 5.27. The van der Waals surface area contributed by atoms with E-state index in [-0.39, 0.29) is 5.91 Å². The number of methoxy groups -OCH3 is 3. The molecule has 9 heteroatoms. The lowest BCUT2D eigenvalue weighted by Crippen LogP contribution is -2.13. The maximum absolute atomic E-state index is 12.3. The molecule has 0 aliphatic carbocycles. The summed E-state index contributed by atoms with van der Waals surface area (Å²) in [6.07, 6.45) is 2.93. The maximum atomic E-state index is 12.3. The van der Waals surface area contributed by atoms with E-state index in [0.717, 1.165) is 5.56 Å². The fourth-order valence-electron chi connectivity index (χ4n) is 2.47. The van der Waals surface area contributed by atoms with Gasteiger partial charge in [-0.3, -0.25) is 9.89 Å². The van der Waals surface area contributed by atoms with E-state index in [2.05, 4.69) is 25.5 Å². The second-order valence-electron chi connectivity index (χ2n) is 5.55. The summed E-state index contributed by atoms with van der Waals surface area (Å²) in [6.45, 7) is 1.75. The number of carbonyl (C=O) groups is 1. The Morgan fingerprint density at radius 3 is 2.19 bits per heavy atom. The van der Waals surface area contributed by atoms with Crippen molar-refractivity contribution in [1.82, 2.24) is 20.2 Å². The molecular weight excluding hydrogens is 350 g/mol. The van der Waals surface area contributed by atoms with Crippen LogP contribution in [-0.4, -0.2) is 47.4 Å². The van der Waals surface area contributed by atoms with E-state index in [4.69, 9.17) is 14.2 Å². The van der Waals surface area contributed by atoms with Crippen LogP contribution in [-0.2, 0) is 0 Å². The molecule has 0 saturated heterocycles. The van der Waals surface area contributed by atoms with Gasteiger partial charge in [0, 0.05) is 24.0 Å². The number of H-pyrrole nitrogens is 1. The molecule has 3 aromatic rings. The molecule has 0 saturated carbocycles. The van der Waals surface area contributed by atoms with Crippen LogP contribution in [0.2, 0.25) is 0 Å². The molecule has 27 heavy (non-hydrogen) atoms. The first-order chi connectivity index (χ1) is 13.0. The third kappa shape index (κ3) is 3.81. The lowest BCUT2D eigenvalue weighted by Gasteiger charge is -2.13. The molecule has 0 aliphatic heterocycles. The van der Waals surface area contributed by atoms with E-state index in [1.54, 1.807) is 46.5 Å². The molecule has 140 valence electrons. The number of rotatable bonds is 6. The van der Waals surface area contributed by atoms with Gasteiger partial charge >= 0.3 is 0 Å². The second-order valence-corrected chi connectivity index (χ2v) is 5.55. The van der Waals surface area contributed by atoms with Crippen LogP contribution in [0.5, 0.6) is 17.2 Å². The second kappa shape index (κ2) is 7.73. The van der Waals surface area contributed by atoms with E-state index >= 15 is 0 Å². The molecule has 1 amide bonds. The Hall–Kier alpha value is -3.62. The van der Waals surface area contributed by atoms with Gasteiger partial charge in [0.15, 0.2) is 17.3 Å². The van der Waals surface area contributed by atoms with Crippen LogP contribution in [0, 0.1) is 6.92 Å². The molecule has 3 rings (SSSR count). The van der Waals surface area contributed by atoms with E-state index in [0.29, 0.717) is 40.1 Å². The molecule has 1 aromatic carbocycles. The highest BCUT2D eigenvalue weighted by Gasteiger charge is 2.16. The molecule has 0 aliphatic rings. The number of aryl methyl sites for hydroxylation is 1. The summed E-state index contributed by atoms with van der Waals surface area (Å²) < 4.78 is 16.0. The SMILES string of the molecule is COc1cc(-c2cc(NC(=O)c3cnc(C)nc3)n[nH]2)cc(OC)c1OC. The summed E-state index contributed by atoms with van der Waals surface area (Å²) in [5.41, 5.74) is 1.78. The fraction of sp³-hybridized carbons (Fsp3) is 0.222. The smallest absolute Gasteiger partial charge is 0.260 e. The molecule has 2 heterocycles. The number of aromatic amines is 1. The summed E-state index contributed by atoms with van der Waals surface area (Å²) in [5, 5.41) is 9.70. The third-order valence-corrected chi connectivity index (χ3v) is 3.84. The number of amides is 1. The van der Waals surface area contributed by atoms with Gasteiger partial charge in [0.05, 0.1) is 32.6 Å². The van der Waals surface area contributed by atoms with E-state index in [1.165, 1.54) is 12.4 Å². The van der Waals surface area contributed by atoms with Gasteiger partial charge in [-0.05, 0) is 19.1 Å². The Labute approximate surface area is 155 Å². The molecule has 2 aromatic heterocycles. The van der Waals surface area contributed by atoms with Crippen LogP contribution in [0.15, 0.2) is 30.6 Å². The van der Waals surface area contributed by atoms with Crippen LogP contribution >= 0.6 is 0 Å². The number of benzene rings is 1. The Balaban J connectivity index is 1.85. The first kappa shape index (κ1) is 18.2. The van der Waals surface area contributed by atoms with Gasteiger partial charge in [-0.2, -0.15) is 5.10 Å². The third-order valence-electron chi connectivity index (χ3n) is 3.84. The normalized spacial score (nSPS) is 10.4. The molecule has 9 nitrogen and oxygen atoms in total. The van der Waals surface area contributed by atoms with Crippen LogP contribution < -0.4 is 19.5 Å².